The highest BCUT2D eigenvalue weighted by Gasteiger charge is 2.19. The van der Waals surface area contributed by atoms with Crippen LogP contribution in [-0.4, -0.2) is 26.8 Å². The van der Waals surface area contributed by atoms with Crippen LogP contribution in [0.4, 0.5) is 0 Å². The highest BCUT2D eigenvalue weighted by atomic mass is 32.2. The second-order valence-corrected chi connectivity index (χ2v) is 8.14. The molecule has 0 saturated heterocycles. The summed E-state index contributed by atoms with van der Waals surface area (Å²) in [6.07, 6.45) is 0.920. The van der Waals surface area contributed by atoms with Crippen LogP contribution in [0.15, 0.2) is 29.2 Å². The summed E-state index contributed by atoms with van der Waals surface area (Å²) in [5.74, 6) is 0.631. The molecular weight excluding hydrogens is 272 g/mol. The molecule has 20 heavy (non-hydrogen) atoms. The summed E-state index contributed by atoms with van der Waals surface area (Å²) >= 11 is 0. The van der Waals surface area contributed by atoms with Crippen LogP contribution >= 0.6 is 0 Å². The molecule has 114 valence electrons. The average molecular weight is 298 g/mol. The molecule has 1 aromatic rings. The number of hydrogen-bond donors (Lipinski definition) is 2. The molecule has 0 aliphatic rings. The normalized spacial score (nSPS) is 13.9. The molecule has 0 saturated carbocycles. The lowest BCUT2D eigenvalue weighted by atomic mass is 9.90. The molecule has 1 aromatic carbocycles. The van der Waals surface area contributed by atoms with Gasteiger partial charge in [0.1, 0.15) is 0 Å². The average Bonchev–Trinajstić information content (AvgIpc) is 2.44. The van der Waals surface area contributed by atoms with E-state index in [0.717, 1.165) is 12.0 Å². The first kappa shape index (κ1) is 17.1. The second-order valence-electron chi connectivity index (χ2n) is 5.64. The third-order valence-corrected chi connectivity index (χ3v) is 5.92. The van der Waals surface area contributed by atoms with Gasteiger partial charge in [0, 0.05) is 0 Å². The van der Waals surface area contributed by atoms with Gasteiger partial charge in [0.05, 0.1) is 10.1 Å². The summed E-state index contributed by atoms with van der Waals surface area (Å²) in [4.78, 5) is 0.387. The third kappa shape index (κ3) is 4.04. The van der Waals surface area contributed by atoms with Crippen LogP contribution in [0.1, 0.15) is 38.7 Å². The van der Waals surface area contributed by atoms with Crippen molar-refractivity contribution in [1.82, 2.24) is 0 Å². The van der Waals surface area contributed by atoms with Crippen LogP contribution in [0.25, 0.3) is 0 Å². The zero-order valence-corrected chi connectivity index (χ0v) is 13.4. The highest BCUT2D eigenvalue weighted by Crippen LogP contribution is 2.25. The van der Waals surface area contributed by atoms with Gasteiger partial charge in [-0.25, -0.2) is 8.42 Å². The van der Waals surface area contributed by atoms with Crippen molar-refractivity contribution < 1.29 is 8.42 Å². The van der Waals surface area contributed by atoms with Crippen LogP contribution in [-0.2, 0) is 9.84 Å². The lowest BCUT2D eigenvalue weighted by Crippen LogP contribution is -2.24. The van der Waals surface area contributed by atoms with Gasteiger partial charge in [-0.1, -0.05) is 19.1 Å². The Balaban J connectivity index is 2.86. The minimum absolute atomic E-state index is 0.309. The van der Waals surface area contributed by atoms with E-state index in [1.54, 1.807) is 26.0 Å². The SMILES string of the molecule is CC(CC(CN)CN)c1ccc(S(=O)(=O)C(C)C)cc1. The fraction of sp³-hybridized carbons (Fsp3) is 0.600. The Morgan fingerprint density at radius 2 is 1.50 bits per heavy atom. The first-order valence-corrected chi connectivity index (χ1v) is 8.61. The zero-order valence-electron chi connectivity index (χ0n) is 12.5. The van der Waals surface area contributed by atoms with Crippen molar-refractivity contribution in [1.29, 1.82) is 0 Å². The number of nitrogens with two attached hydrogens (primary N) is 2. The fourth-order valence-corrected chi connectivity index (χ4v) is 3.24. The third-order valence-electron chi connectivity index (χ3n) is 3.75. The molecule has 0 aliphatic carbocycles. The molecule has 4 nitrogen and oxygen atoms in total. The molecule has 1 atom stereocenters. The van der Waals surface area contributed by atoms with Gasteiger partial charge in [0.2, 0.25) is 0 Å². The Kier molecular flexibility index (Phi) is 6.17. The largest absolute Gasteiger partial charge is 0.330 e. The quantitative estimate of drug-likeness (QED) is 0.805. The van der Waals surface area contributed by atoms with Gasteiger partial charge in [-0.05, 0) is 62.9 Å². The molecule has 0 aliphatic heterocycles. The van der Waals surface area contributed by atoms with Crippen LogP contribution < -0.4 is 11.5 Å². The predicted octanol–water partition coefficient (Wildman–Crippen LogP) is 1.90. The molecule has 0 bridgehead atoms. The minimum atomic E-state index is -3.19. The van der Waals surface area contributed by atoms with Crippen molar-refractivity contribution >= 4 is 9.84 Å². The van der Waals surface area contributed by atoms with Crippen molar-refractivity contribution in [3.63, 3.8) is 0 Å². The van der Waals surface area contributed by atoms with Crippen molar-refractivity contribution in [2.45, 2.75) is 43.3 Å². The number of rotatable bonds is 7. The van der Waals surface area contributed by atoms with Crippen molar-refractivity contribution in [3.8, 4) is 0 Å². The first-order valence-electron chi connectivity index (χ1n) is 7.06. The van der Waals surface area contributed by atoms with Crippen molar-refractivity contribution in [2.24, 2.45) is 17.4 Å². The molecule has 1 unspecified atom stereocenters. The van der Waals surface area contributed by atoms with E-state index in [4.69, 9.17) is 11.5 Å². The Labute approximate surface area is 122 Å². The molecule has 5 heteroatoms. The van der Waals surface area contributed by atoms with E-state index in [9.17, 15) is 8.42 Å². The smallest absolute Gasteiger partial charge is 0.180 e. The maximum atomic E-state index is 12.1. The minimum Gasteiger partial charge on any atom is -0.330 e. The molecule has 0 aromatic heterocycles. The van der Waals surface area contributed by atoms with Gasteiger partial charge in [-0.2, -0.15) is 0 Å². The van der Waals surface area contributed by atoms with Crippen LogP contribution in [0, 0.1) is 5.92 Å². The van der Waals surface area contributed by atoms with Crippen LogP contribution in [0.5, 0.6) is 0 Å². The zero-order chi connectivity index (χ0) is 15.3. The van der Waals surface area contributed by atoms with Gasteiger partial charge in [0.25, 0.3) is 0 Å². The van der Waals surface area contributed by atoms with Crippen LogP contribution in [0.3, 0.4) is 0 Å². The standard InChI is InChI=1S/C15H26N2O2S/c1-11(2)20(18,19)15-6-4-14(5-7-15)12(3)8-13(9-16)10-17/h4-7,11-13H,8-10,16-17H2,1-3H3. The number of benzene rings is 1. The maximum absolute atomic E-state index is 12.1. The van der Waals surface area contributed by atoms with Gasteiger partial charge >= 0.3 is 0 Å². The fourth-order valence-electron chi connectivity index (χ4n) is 2.18. The van der Waals surface area contributed by atoms with E-state index in [1.165, 1.54) is 0 Å². The van der Waals surface area contributed by atoms with Gasteiger partial charge < -0.3 is 11.5 Å². The monoisotopic (exact) mass is 298 g/mol. The van der Waals surface area contributed by atoms with Gasteiger partial charge in [-0.3, -0.25) is 0 Å². The van der Waals surface area contributed by atoms with E-state index < -0.39 is 15.1 Å². The summed E-state index contributed by atoms with van der Waals surface area (Å²) in [6.45, 7) is 6.67. The molecule has 4 N–H and O–H groups in total. The lowest BCUT2D eigenvalue weighted by Gasteiger charge is -2.18. The maximum Gasteiger partial charge on any atom is 0.180 e. The van der Waals surface area contributed by atoms with Crippen LogP contribution in [0.2, 0.25) is 0 Å². The number of hydrogen-bond acceptors (Lipinski definition) is 4. The summed E-state index contributed by atoms with van der Waals surface area (Å²) in [6, 6.07) is 7.18. The molecule has 0 spiro atoms. The Hall–Kier alpha value is -0.910. The lowest BCUT2D eigenvalue weighted by molar-refractivity contribution is 0.465. The highest BCUT2D eigenvalue weighted by molar-refractivity contribution is 7.92. The summed E-state index contributed by atoms with van der Waals surface area (Å²) in [5, 5.41) is -0.398. The molecule has 1 rings (SSSR count). The molecule has 0 fully saturated rings. The van der Waals surface area contributed by atoms with E-state index in [1.807, 2.05) is 12.1 Å². The topological polar surface area (TPSA) is 86.2 Å². The van der Waals surface area contributed by atoms with E-state index >= 15 is 0 Å². The summed E-state index contributed by atoms with van der Waals surface area (Å²) < 4.78 is 24.1. The second kappa shape index (κ2) is 7.20. The Bertz CT molecular complexity index is 505. The van der Waals surface area contributed by atoms with Crippen molar-refractivity contribution in [2.75, 3.05) is 13.1 Å². The van der Waals surface area contributed by atoms with Crippen molar-refractivity contribution in [3.05, 3.63) is 29.8 Å². The predicted molar refractivity (Wildman–Crippen MR) is 83.4 cm³/mol. The molecule has 0 amide bonds. The summed E-state index contributed by atoms with van der Waals surface area (Å²) in [5.41, 5.74) is 12.5. The van der Waals surface area contributed by atoms with E-state index in [0.29, 0.717) is 29.8 Å². The van der Waals surface area contributed by atoms with E-state index in [-0.39, 0.29) is 0 Å². The first-order chi connectivity index (χ1) is 9.32. The van der Waals surface area contributed by atoms with Gasteiger partial charge in [0.15, 0.2) is 9.84 Å². The molecule has 0 radical (unpaired) electrons. The molecule has 0 heterocycles. The van der Waals surface area contributed by atoms with Gasteiger partial charge in [-0.15, -0.1) is 0 Å². The number of sulfone groups is 1. The molecular formula is C15H26N2O2S. The Morgan fingerprint density at radius 1 is 1.00 bits per heavy atom. The van der Waals surface area contributed by atoms with E-state index in [2.05, 4.69) is 6.92 Å². The Morgan fingerprint density at radius 3 is 1.90 bits per heavy atom. The summed E-state index contributed by atoms with van der Waals surface area (Å²) in [7, 11) is -3.19.